The van der Waals surface area contributed by atoms with Crippen molar-refractivity contribution in [3.05, 3.63) is 56.5 Å². The van der Waals surface area contributed by atoms with Crippen LogP contribution in [-0.4, -0.2) is 13.7 Å². The quantitative estimate of drug-likeness (QED) is 0.773. The smallest absolute Gasteiger partial charge is 0.133 e. The number of hydrogen-bond acceptors (Lipinski definition) is 3. The van der Waals surface area contributed by atoms with Gasteiger partial charge in [0.1, 0.15) is 11.5 Å². The van der Waals surface area contributed by atoms with Crippen molar-refractivity contribution in [2.75, 3.05) is 13.7 Å². The average molecular weight is 415 g/mol. The molecule has 2 aromatic carbocycles. The first-order valence-corrected chi connectivity index (χ1v) is 8.16. The van der Waals surface area contributed by atoms with E-state index in [0.717, 1.165) is 31.6 Å². The molecular formula is C16H17Br2NO2. The zero-order chi connectivity index (χ0) is 15.4. The lowest BCUT2D eigenvalue weighted by molar-refractivity contribution is 0.340. The van der Waals surface area contributed by atoms with Gasteiger partial charge in [0.25, 0.3) is 0 Å². The predicted octanol–water partition coefficient (Wildman–Crippen LogP) is 4.67. The molecule has 0 heterocycles. The molecule has 2 N–H and O–H groups in total. The number of benzene rings is 2. The fraction of sp³-hybridized carbons (Fsp3) is 0.250. The van der Waals surface area contributed by atoms with Crippen molar-refractivity contribution in [1.82, 2.24) is 0 Å². The summed E-state index contributed by atoms with van der Waals surface area (Å²) >= 11 is 7.05. The predicted molar refractivity (Wildman–Crippen MR) is 92.0 cm³/mol. The van der Waals surface area contributed by atoms with Crippen molar-refractivity contribution in [3.63, 3.8) is 0 Å². The van der Waals surface area contributed by atoms with E-state index in [0.29, 0.717) is 6.61 Å². The van der Waals surface area contributed by atoms with Crippen LogP contribution in [0.2, 0.25) is 0 Å². The molecule has 3 nitrogen and oxygen atoms in total. The van der Waals surface area contributed by atoms with Crippen LogP contribution in [0.4, 0.5) is 0 Å². The van der Waals surface area contributed by atoms with E-state index in [1.807, 2.05) is 43.3 Å². The van der Waals surface area contributed by atoms with Gasteiger partial charge in [-0.3, -0.25) is 0 Å². The highest BCUT2D eigenvalue weighted by Crippen LogP contribution is 2.33. The lowest BCUT2D eigenvalue weighted by atomic mass is 9.99. The van der Waals surface area contributed by atoms with Gasteiger partial charge in [-0.2, -0.15) is 0 Å². The van der Waals surface area contributed by atoms with Gasteiger partial charge in [0.15, 0.2) is 0 Å². The molecule has 2 aromatic rings. The molecule has 2 rings (SSSR count). The van der Waals surface area contributed by atoms with Gasteiger partial charge in [0.05, 0.1) is 24.2 Å². The molecule has 0 amide bonds. The Balaban J connectivity index is 2.31. The Morgan fingerprint density at radius 1 is 1.10 bits per heavy atom. The van der Waals surface area contributed by atoms with Gasteiger partial charge in [-0.25, -0.2) is 0 Å². The molecule has 21 heavy (non-hydrogen) atoms. The maximum Gasteiger partial charge on any atom is 0.133 e. The Labute approximate surface area is 141 Å². The minimum absolute atomic E-state index is 0.225. The summed E-state index contributed by atoms with van der Waals surface area (Å²) < 4.78 is 12.5. The second kappa shape index (κ2) is 7.29. The summed E-state index contributed by atoms with van der Waals surface area (Å²) in [4.78, 5) is 0. The molecule has 5 heteroatoms. The van der Waals surface area contributed by atoms with Gasteiger partial charge in [-0.1, -0.05) is 28.1 Å². The summed E-state index contributed by atoms with van der Waals surface area (Å²) in [5.74, 6) is 1.62. The van der Waals surface area contributed by atoms with Crippen molar-refractivity contribution >= 4 is 31.9 Å². The molecule has 0 saturated heterocycles. The molecule has 0 bridgehead atoms. The van der Waals surface area contributed by atoms with Crippen LogP contribution in [0.1, 0.15) is 24.1 Å². The summed E-state index contributed by atoms with van der Waals surface area (Å²) in [5.41, 5.74) is 8.39. The second-order valence-electron chi connectivity index (χ2n) is 4.49. The number of rotatable bonds is 5. The normalized spacial score (nSPS) is 12.0. The summed E-state index contributed by atoms with van der Waals surface area (Å²) in [6, 6.07) is 11.5. The maximum absolute atomic E-state index is 6.37. The van der Waals surface area contributed by atoms with Crippen LogP contribution in [0.5, 0.6) is 11.5 Å². The zero-order valence-corrected chi connectivity index (χ0v) is 15.1. The molecule has 112 valence electrons. The molecule has 0 aliphatic carbocycles. The van der Waals surface area contributed by atoms with Gasteiger partial charge >= 0.3 is 0 Å². The van der Waals surface area contributed by atoms with E-state index in [4.69, 9.17) is 15.2 Å². The zero-order valence-electron chi connectivity index (χ0n) is 11.9. The Kier molecular flexibility index (Phi) is 5.67. The first kappa shape index (κ1) is 16.3. The van der Waals surface area contributed by atoms with Crippen LogP contribution in [0.3, 0.4) is 0 Å². The van der Waals surface area contributed by atoms with Gasteiger partial charge < -0.3 is 15.2 Å². The van der Waals surface area contributed by atoms with Crippen molar-refractivity contribution in [2.45, 2.75) is 13.0 Å². The third-order valence-corrected chi connectivity index (χ3v) is 4.46. The Morgan fingerprint density at radius 3 is 2.43 bits per heavy atom. The standard InChI is InChI=1S/C16H17Br2NO2/c1-3-21-11-5-6-12(13(17)9-11)16(19)10-4-7-15(20-2)14(18)8-10/h4-9,16H,3,19H2,1-2H3. The van der Waals surface area contributed by atoms with Crippen molar-refractivity contribution in [2.24, 2.45) is 5.73 Å². The summed E-state index contributed by atoms with van der Waals surface area (Å²) in [5, 5.41) is 0. The highest BCUT2D eigenvalue weighted by Gasteiger charge is 2.14. The molecule has 0 aliphatic heterocycles. The molecule has 0 radical (unpaired) electrons. The Bertz CT molecular complexity index is 632. The maximum atomic E-state index is 6.37. The third-order valence-electron chi connectivity index (χ3n) is 3.15. The fourth-order valence-corrected chi connectivity index (χ4v) is 3.23. The average Bonchev–Trinajstić information content (AvgIpc) is 2.47. The minimum Gasteiger partial charge on any atom is -0.496 e. The van der Waals surface area contributed by atoms with Crippen LogP contribution >= 0.6 is 31.9 Å². The fourth-order valence-electron chi connectivity index (χ4n) is 2.07. The van der Waals surface area contributed by atoms with E-state index in [1.165, 1.54) is 0 Å². The molecule has 1 unspecified atom stereocenters. The van der Waals surface area contributed by atoms with Crippen molar-refractivity contribution in [1.29, 1.82) is 0 Å². The Morgan fingerprint density at radius 2 is 1.86 bits per heavy atom. The van der Waals surface area contributed by atoms with Crippen molar-refractivity contribution < 1.29 is 9.47 Å². The first-order chi connectivity index (χ1) is 10.1. The monoisotopic (exact) mass is 413 g/mol. The SMILES string of the molecule is CCOc1ccc(C(N)c2ccc(OC)c(Br)c2)c(Br)c1. The van der Waals surface area contributed by atoms with E-state index < -0.39 is 0 Å². The summed E-state index contributed by atoms with van der Waals surface area (Å²) in [6.45, 7) is 2.60. The Hall–Kier alpha value is -1.04. The molecule has 0 saturated carbocycles. The van der Waals surface area contributed by atoms with Crippen LogP contribution in [0.15, 0.2) is 45.3 Å². The van der Waals surface area contributed by atoms with Gasteiger partial charge in [0, 0.05) is 4.47 Å². The largest absolute Gasteiger partial charge is 0.496 e. The van der Waals surface area contributed by atoms with Crippen LogP contribution in [0.25, 0.3) is 0 Å². The van der Waals surface area contributed by atoms with E-state index in [9.17, 15) is 0 Å². The number of ether oxygens (including phenoxy) is 2. The molecule has 0 spiro atoms. The van der Waals surface area contributed by atoms with Gasteiger partial charge in [0.2, 0.25) is 0 Å². The van der Waals surface area contributed by atoms with Crippen LogP contribution < -0.4 is 15.2 Å². The topological polar surface area (TPSA) is 44.5 Å². The molecule has 0 aromatic heterocycles. The second-order valence-corrected chi connectivity index (χ2v) is 6.20. The number of nitrogens with two attached hydrogens (primary N) is 1. The highest BCUT2D eigenvalue weighted by molar-refractivity contribution is 9.10. The molecule has 1 atom stereocenters. The van der Waals surface area contributed by atoms with E-state index in [2.05, 4.69) is 31.9 Å². The van der Waals surface area contributed by atoms with Crippen LogP contribution in [0, 0.1) is 0 Å². The third kappa shape index (κ3) is 3.78. The molecule has 0 fully saturated rings. The van der Waals surface area contributed by atoms with E-state index >= 15 is 0 Å². The summed E-state index contributed by atoms with van der Waals surface area (Å²) in [7, 11) is 1.64. The minimum atomic E-state index is -0.225. The van der Waals surface area contributed by atoms with E-state index in [1.54, 1.807) is 7.11 Å². The van der Waals surface area contributed by atoms with Gasteiger partial charge in [-0.05, 0) is 58.2 Å². The lowest BCUT2D eigenvalue weighted by Crippen LogP contribution is -2.12. The highest BCUT2D eigenvalue weighted by atomic mass is 79.9. The summed E-state index contributed by atoms with van der Waals surface area (Å²) in [6.07, 6.45) is 0. The molecule has 0 aliphatic rings. The number of hydrogen-bond donors (Lipinski definition) is 1. The molecular weight excluding hydrogens is 398 g/mol. The van der Waals surface area contributed by atoms with E-state index in [-0.39, 0.29) is 6.04 Å². The first-order valence-electron chi connectivity index (χ1n) is 6.58. The van der Waals surface area contributed by atoms with Gasteiger partial charge in [-0.15, -0.1) is 0 Å². The van der Waals surface area contributed by atoms with Crippen LogP contribution in [-0.2, 0) is 0 Å². The number of methoxy groups -OCH3 is 1. The number of halogens is 2. The van der Waals surface area contributed by atoms with Crippen molar-refractivity contribution in [3.8, 4) is 11.5 Å². The lowest BCUT2D eigenvalue weighted by Gasteiger charge is -2.16.